The molecule has 7 nitrogen and oxygen atoms in total. The maximum atomic E-state index is 11.9. The van der Waals surface area contributed by atoms with Crippen LogP contribution >= 0.6 is 0 Å². The molecule has 1 saturated heterocycles. The lowest BCUT2D eigenvalue weighted by Crippen LogP contribution is -2.58. The minimum absolute atomic E-state index is 0.0992. The molecule has 39 heavy (non-hydrogen) atoms. The van der Waals surface area contributed by atoms with Crippen molar-refractivity contribution in [3.8, 4) is 0 Å². The zero-order valence-corrected chi connectivity index (χ0v) is 24.8. The number of hydrogen-bond donors (Lipinski definition) is 4. The van der Waals surface area contributed by atoms with E-state index < -0.39 is 6.10 Å². The van der Waals surface area contributed by atoms with Crippen molar-refractivity contribution < 1.29 is 9.94 Å². The van der Waals surface area contributed by atoms with Gasteiger partial charge in [0.1, 0.15) is 6.04 Å². The van der Waals surface area contributed by atoms with E-state index in [1.165, 1.54) is 83.5 Å². The van der Waals surface area contributed by atoms with Crippen molar-refractivity contribution >= 4 is 0 Å². The van der Waals surface area contributed by atoms with Crippen LogP contribution in [0.15, 0.2) is 10.2 Å². The predicted octanol–water partition coefficient (Wildman–Crippen LogP) is 5.38. The highest BCUT2D eigenvalue weighted by atomic mass is 16.6. The Morgan fingerprint density at radius 3 is 2.46 bits per heavy atom. The topological polar surface area (TPSA) is 90.3 Å². The standard InChI is InChI=1S/C32H57N5O2/c1-3-20-8-4-6-10-27(20)37-39-19-22-18-21-12-17-26-25-9-5-7-11-28(25)34-30(26)29(21)31(32(22)38)36-35-24-15-13-23(33-2)14-16-24/h20-34,37-38H,3-19H2,1-2H3. The number of fused-ring (bicyclic) bond motifs is 5. The Bertz CT molecular complexity index is 803. The van der Waals surface area contributed by atoms with Crippen molar-refractivity contribution in [2.75, 3.05) is 13.7 Å². The number of nitrogens with zero attached hydrogens (tertiary/aromatic N) is 2. The first-order valence-corrected chi connectivity index (χ1v) is 17.0. The number of nitrogens with one attached hydrogen (secondary N) is 3. The minimum Gasteiger partial charge on any atom is -0.390 e. The van der Waals surface area contributed by atoms with Crippen LogP contribution in [0.2, 0.25) is 0 Å². The fraction of sp³-hybridized carbons (Fsp3) is 1.00. The lowest BCUT2D eigenvalue weighted by atomic mass is 9.58. The molecule has 1 aliphatic heterocycles. The van der Waals surface area contributed by atoms with Gasteiger partial charge in [0.15, 0.2) is 0 Å². The van der Waals surface area contributed by atoms with Gasteiger partial charge in [-0.15, -0.1) is 0 Å². The number of aliphatic hydroxyl groups is 1. The van der Waals surface area contributed by atoms with E-state index in [2.05, 4.69) is 30.1 Å². The quantitative estimate of drug-likeness (QED) is 0.244. The molecule has 6 fully saturated rings. The highest BCUT2D eigenvalue weighted by Crippen LogP contribution is 2.53. The Hall–Kier alpha value is -0.600. The summed E-state index contributed by atoms with van der Waals surface area (Å²) in [7, 11) is 2.07. The molecule has 0 aromatic heterocycles. The normalized spacial score (nSPS) is 48.4. The van der Waals surface area contributed by atoms with Crippen molar-refractivity contribution in [3.63, 3.8) is 0 Å². The summed E-state index contributed by atoms with van der Waals surface area (Å²) in [6, 6.07) is 2.49. The third kappa shape index (κ3) is 6.14. The number of rotatable bonds is 8. The third-order valence-electron chi connectivity index (χ3n) is 12.3. The van der Waals surface area contributed by atoms with Crippen molar-refractivity contribution in [3.05, 3.63) is 0 Å². The molecule has 0 amide bonds. The van der Waals surface area contributed by atoms with Crippen LogP contribution in [0.25, 0.3) is 0 Å². The van der Waals surface area contributed by atoms with Gasteiger partial charge in [0.05, 0.1) is 18.8 Å². The van der Waals surface area contributed by atoms with Crippen LogP contribution in [-0.2, 0) is 4.84 Å². The van der Waals surface area contributed by atoms with Gasteiger partial charge in [-0.2, -0.15) is 15.7 Å². The van der Waals surface area contributed by atoms with Crippen molar-refractivity contribution in [1.29, 1.82) is 0 Å². The molecule has 1 heterocycles. The summed E-state index contributed by atoms with van der Waals surface area (Å²) in [5.74, 6) is 3.47. The van der Waals surface area contributed by atoms with E-state index in [9.17, 15) is 5.11 Å². The second-order valence-corrected chi connectivity index (χ2v) is 14.3. The number of hydrogen-bond acceptors (Lipinski definition) is 7. The molecule has 6 rings (SSSR count). The average Bonchev–Trinajstić information content (AvgIpc) is 3.36. The summed E-state index contributed by atoms with van der Waals surface area (Å²) in [5.41, 5.74) is 3.46. The predicted molar refractivity (Wildman–Crippen MR) is 155 cm³/mol. The Labute approximate surface area is 237 Å². The van der Waals surface area contributed by atoms with E-state index in [4.69, 9.17) is 15.1 Å². The monoisotopic (exact) mass is 543 g/mol. The number of azo groups is 1. The highest BCUT2D eigenvalue weighted by molar-refractivity contribution is 5.11. The molecule has 0 spiro atoms. The van der Waals surface area contributed by atoms with Crippen molar-refractivity contribution in [2.45, 2.75) is 152 Å². The molecule has 0 aromatic carbocycles. The van der Waals surface area contributed by atoms with E-state index >= 15 is 0 Å². The summed E-state index contributed by atoms with van der Waals surface area (Å²) in [4.78, 5) is 6.22. The molecule has 5 saturated carbocycles. The molecule has 7 heteroatoms. The molecule has 0 aromatic rings. The van der Waals surface area contributed by atoms with Gasteiger partial charge in [0.2, 0.25) is 0 Å². The summed E-state index contributed by atoms with van der Waals surface area (Å²) in [6.45, 7) is 2.89. The number of hydroxylamine groups is 1. The van der Waals surface area contributed by atoms with Crippen molar-refractivity contribution in [1.82, 2.24) is 16.1 Å². The Morgan fingerprint density at radius 2 is 1.64 bits per heavy atom. The maximum absolute atomic E-state index is 11.9. The van der Waals surface area contributed by atoms with Crippen LogP contribution < -0.4 is 16.1 Å². The first-order valence-electron chi connectivity index (χ1n) is 17.0. The first-order chi connectivity index (χ1) is 19.2. The molecule has 0 bridgehead atoms. The zero-order chi connectivity index (χ0) is 26.8. The van der Waals surface area contributed by atoms with Gasteiger partial charge in [-0.25, -0.2) is 0 Å². The Morgan fingerprint density at radius 1 is 0.846 bits per heavy atom. The summed E-state index contributed by atoms with van der Waals surface area (Å²) in [5, 5.41) is 29.6. The van der Waals surface area contributed by atoms with Crippen LogP contribution in [0.5, 0.6) is 0 Å². The van der Waals surface area contributed by atoms with Gasteiger partial charge < -0.3 is 20.6 Å². The van der Waals surface area contributed by atoms with Gasteiger partial charge >= 0.3 is 0 Å². The van der Waals surface area contributed by atoms with Crippen molar-refractivity contribution in [2.24, 2.45) is 45.7 Å². The second kappa shape index (κ2) is 13.1. The van der Waals surface area contributed by atoms with E-state index in [0.717, 1.165) is 31.1 Å². The smallest absolute Gasteiger partial charge is 0.102 e. The van der Waals surface area contributed by atoms with Gasteiger partial charge in [-0.1, -0.05) is 39.0 Å². The molecular formula is C32H57N5O2. The largest absolute Gasteiger partial charge is 0.390 e. The van der Waals surface area contributed by atoms with Gasteiger partial charge in [0, 0.05) is 36.0 Å². The molecule has 4 N–H and O–H groups in total. The van der Waals surface area contributed by atoms with Gasteiger partial charge in [-0.3, -0.25) is 0 Å². The molecule has 6 aliphatic rings. The van der Waals surface area contributed by atoms with E-state index in [1.807, 2.05) is 0 Å². The second-order valence-electron chi connectivity index (χ2n) is 14.3. The Balaban J connectivity index is 1.15. The molecule has 5 aliphatic carbocycles. The fourth-order valence-corrected chi connectivity index (χ4v) is 10.1. The van der Waals surface area contributed by atoms with E-state index in [1.54, 1.807) is 0 Å². The van der Waals surface area contributed by atoms with Crippen LogP contribution in [0.1, 0.15) is 110 Å². The van der Waals surface area contributed by atoms with E-state index in [0.29, 0.717) is 54.6 Å². The maximum Gasteiger partial charge on any atom is 0.102 e. The average molecular weight is 544 g/mol. The minimum atomic E-state index is -0.470. The van der Waals surface area contributed by atoms with Crippen LogP contribution in [-0.4, -0.2) is 61.1 Å². The summed E-state index contributed by atoms with van der Waals surface area (Å²) >= 11 is 0. The van der Waals surface area contributed by atoms with Gasteiger partial charge in [-0.05, 0) is 101 Å². The lowest BCUT2D eigenvalue weighted by Gasteiger charge is -2.50. The summed E-state index contributed by atoms with van der Waals surface area (Å²) in [6.07, 6.45) is 19.7. The molecular weight excluding hydrogens is 486 g/mol. The lowest BCUT2D eigenvalue weighted by molar-refractivity contribution is -0.0960. The fourth-order valence-electron chi connectivity index (χ4n) is 10.1. The van der Waals surface area contributed by atoms with Crippen LogP contribution in [0.4, 0.5) is 0 Å². The van der Waals surface area contributed by atoms with E-state index in [-0.39, 0.29) is 12.0 Å². The molecule has 0 radical (unpaired) electrons. The molecule has 222 valence electrons. The molecule has 11 atom stereocenters. The van der Waals surface area contributed by atoms with Crippen LogP contribution in [0, 0.1) is 35.5 Å². The molecule has 11 unspecified atom stereocenters. The summed E-state index contributed by atoms with van der Waals surface area (Å²) < 4.78 is 0. The first kappa shape index (κ1) is 28.5. The highest BCUT2D eigenvalue weighted by Gasteiger charge is 2.56. The SMILES string of the molecule is CCC1CCCCC1NOCC1CC2CCC3C4CCCCC4NC3C2C(N=NC2CCC(NC)CC2)C1O. The van der Waals surface area contributed by atoms with Gasteiger partial charge in [0.25, 0.3) is 0 Å². The zero-order valence-electron chi connectivity index (χ0n) is 24.8. The van der Waals surface area contributed by atoms with Crippen LogP contribution in [0.3, 0.4) is 0 Å². The Kier molecular flexibility index (Phi) is 9.61. The number of aliphatic hydroxyl groups excluding tert-OH is 1. The third-order valence-corrected chi connectivity index (χ3v) is 12.3.